The molecule has 1 aliphatic carbocycles. The third kappa shape index (κ3) is 7.90. The Hall–Kier alpha value is -4.33. The van der Waals surface area contributed by atoms with E-state index in [1.165, 1.54) is 23.1 Å². The molecule has 0 atom stereocenters. The molecule has 1 saturated heterocycles. The maximum absolute atomic E-state index is 12.0. The van der Waals surface area contributed by atoms with Crippen LogP contribution in [0.1, 0.15) is 54.6 Å². The summed E-state index contributed by atoms with van der Waals surface area (Å²) in [4.78, 5) is 21.2. The van der Waals surface area contributed by atoms with Gasteiger partial charge < -0.3 is 19.5 Å². The third-order valence-electron chi connectivity index (χ3n) is 8.89. The molecule has 1 N–H and O–H groups in total. The first-order valence-electron chi connectivity index (χ1n) is 15.8. The first kappa shape index (κ1) is 31.6. The van der Waals surface area contributed by atoms with Crippen LogP contribution in [0.25, 0.3) is 5.57 Å². The van der Waals surface area contributed by atoms with Crippen molar-refractivity contribution in [3.8, 4) is 17.4 Å². The summed E-state index contributed by atoms with van der Waals surface area (Å²) in [5.41, 5.74) is 6.65. The van der Waals surface area contributed by atoms with Crippen LogP contribution in [0.2, 0.25) is 5.02 Å². The Morgan fingerprint density at radius 3 is 2.41 bits per heavy atom. The Bertz CT molecular complexity index is 1680. The summed E-state index contributed by atoms with van der Waals surface area (Å²) >= 11 is 6.20. The number of rotatable bonds is 10. The summed E-state index contributed by atoms with van der Waals surface area (Å²) in [5.74, 6) is 0.156. The fraction of sp³-hybridized carbons (Fsp3) is 0.316. The Morgan fingerprint density at radius 2 is 1.72 bits per heavy atom. The molecule has 8 heteroatoms. The highest BCUT2D eigenvalue weighted by Crippen LogP contribution is 2.43. The maximum atomic E-state index is 12.0. The van der Waals surface area contributed by atoms with Crippen LogP contribution in [0.15, 0.2) is 96.7 Å². The Labute approximate surface area is 276 Å². The largest absolute Gasteiger partial charge is 0.478 e. The third-order valence-corrected chi connectivity index (χ3v) is 9.14. The number of benzene rings is 3. The number of pyridine rings is 1. The average molecular weight is 638 g/mol. The second kappa shape index (κ2) is 14.0. The highest BCUT2D eigenvalue weighted by atomic mass is 35.5. The maximum Gasteiger partial charge on any atom is 0.339 e. The van der Waals surface area contributed by atoms with E-state index in [0.717, 1.165) is 61.8 Å². The van der Waals surface area contributed by atoms with E-state index in [9.17, 15) is 9.90 Å². The van der Waals surface area contributed by atoms with Crippen molar-refractivity contribution in [1.82, 2.24) is 9.88 Å². The zero-order valence-electron chi connectivity index (χ0n) is 26.4. The summed E-state index contributed by atoms with van der Waals surface area (Å²) in [7, 11) is 0. The smallest absolute Gasteiger partial charge is 0.339 e. The molecule has 1 fully saturated rings. The second-order valence-electron chi connectivity index (χ2n) is 12.9. The molecule has 0 amide bonds. The SMILES string of the molecule is CC1(C)CCC(CN2CCN(c3ccc(C(=O)O)c(Oc4ccc(OCc5ccccc5)nc4)c3)CC2)=C(c2ccc(Cl)cc2)C1. The van der Waals surface area contributed by atoms with Crippen molar-refractivity contribution >= 4 is 28.8 Å². The fourth-order valence-electron chi connectivity index (χ4n) is 6.24. The van der Waals surface area contributed by atoms with E-state index in [-0.39, 0.29) is 16.7 Å². The number of carboxylic acids is 1. The van der Waals surface area contributed by atoms with Crippen molar-refractivity contribution in [2.75, 3.05) is 37.6 Å². The molecule has 238 valence electrons. The number of hydrogen-bond donors (Lipinski definition) is 1. The predicted molar refractivity (Wildman–Crippen MR) is 183 cm³/mol. The molecule has 1 aromatic heterocycles. The molecule has 6 rings (SSSR count). The van der Waals surface area contributed by atoms with Crippen LogP contribution < -0.4 is 14.4 Å². The number of aromatic carboxylic acids is 1. The van der Waals surface area contributed by atoms with Gasteiger partial charge in [0.15, 0.2) is 0 Å². The van der Waals surface area contributed by atoms with Crippen LogP contribution in [0.5, 0.6) is 17.4 Å². The Balaban J connectivity index is 1.11. The van der Waals surface area contributed by atoms with Gasteiger partial charge in [-0.3, -0.25) is 4.90 Å². The van der Waals surface area contributed by atoms with Gasteiger partial charge in [-0.2, -0.15) is 0 Å². The first-order chi connectivity index (χ1) is 22.2. The summed E-state index contributed by atoms with van der Waals surface area (Å²) in [5, 5.41) is 10.6. The Kier molecular flexibility index (Phi) is 9.61. The lowest BCUT2D eigenvalue weighted by Crippen LogP contribution is -2.47. The van der Waals surface area contributed by atoms with Gasteiger partial charge in [-0.05, 0) is 71.7 Å². The zero-order valence-corrected chi connectivity index (χ0v) is 27.2. The number of carboxylic acid groups (broad SMARTS) is 1. The van der Waals surface area contributed by atoms with E-state index in [4.69, 9.17) is 21.1 Å². The van der Waals surface area contributed by atoms with Gasteiger partial charge in [0.05, 0.1) is 6.20 Å². The molecule has 46 heavy (non-hydrogen) atoms. The molecule has 2 heterocycles. The van der Waals surface area contributed by atoms with Crippen LogP contribution >= 0.6 is 11.6 Å². The number of halogens is 1. The molecular weight excluding hydrogens is 598 g/mol. The molecule has 0 unspecified atom stereocenters. The van der Waals surface area contributed by atoms with Crippen molar-refractivity contribution in [3.05, 3.63) is 118 Å². The van der Waals surface area contributed by atoms with E-state index < -0.39 is 5.97 Å². The number of nitrogens with zero attached hydrogens (tertiary/aromatic N) is 3. The fourth-order valence-corrected chi connectivity index (χ4v) is 6.36. The monoisotopic (exact) mass is 637 g/mol. The lowest BCUT2D eigenvalue weighted by molar-refractivity contribution is 0.0694. The van der Waals surface area contributed by atoms with Crippen molar-refractivity contribution in [2.45, 2.75) is 39.7 Å². The molecular formula is C38H40ClN3O4. The van der Waals surface area contributed by atoms with Crippen LogP contribution in [-0.2, 0) is 6.61 Å². The van der Waals surface area contributed by atoms with Gasteiger partial charge in [0.1, 0.15) is 23.7 Å². The Morgan fingerprint density at radius 1 is 0.957 bits per heavy atom. The van der Waals surface area contributed by atoms with Gasteiger partial charge in [-0.25, -0.2) is 9.78 Å². The van der Waals surface area contributed by atoms with Crippen LogP contribution in [0, 0.1) is 5.41 Å². The van der Waals surface area contributed by atoms with Gasteiger partial charge in [-0.1, -0.05) is 73.5 Å². The number of aromatic nitrogens is 1. The minimum atomic E-state index is -1.04. The predicted octanol–water partition coefficient (Wildman–Crippen LogP) is 8.59. The minimum Gasteiger partial charge on any atom is -0.478 e. The van der Waals surface area contributed by atoms with Crippen LogP contribution in [0.4, 0.5) is 5.69 Å². The number of hydrogen-bond acceptors (Lipinski definition) is 6. The van der Waals surface area contributed by atoms with E-state index in [1.807, 2.05) is 54.6 Å². The van der Waals surface area contributed by atoms with E-state index in [1.54, 1.807) is 24.4 Å². The molecule has 0 saturated carbocycles. The summed E-state index contributed by atoms with van der Waals surface area (Å²) in [6.07, 6.45) is 4.92. The topological polar surface area (TPSA) is 75.1 Å². The molecule has 1 aliphatic heterocycles. The lowest BCUT2D eigenvalue weighted by Gasteiger charge is -2.39. The van der Waals surface area contributed by atoms with Gasteiger partial charge in [-0.15, -0.1) is 0 Å². The standard InChI is InChI=1S/C38H40ClN3O4/c1-38(2)17-16-29(34(23-38)28-8-10-30(39)11-9-28)25-41-18-20-42(21-19-41)31-12-14-33(37(43)44)35(22-31)46-32-13-15-36(40-24-32)45-26-27-6-4-3-5-7-27/h3-15,22,24H,16-21,23,25-26H2,1-2H3,(H,43,44). The summed E-state index contributed by atoms with van der Waals surface area (Å²) < 4.78 is 11.8. The number of piperazine rings is 1. The normalized spacial score (nSPS) is 16.7. The quantitative estimate of drug-likeness (QED) is 0.187. The van der Waals surface area contributed by atoms with Gasteiger partial charge in [0.25, 0.3) is 0 Å². The second-order valence-corrected chi connectivity index (χ2v) is 13.3. The van der Waals surface area contributed by atoms with Gasteiger partial charge in [0.2, 0.25) is 5.88 Å². The van der Waals surface area contributed by atoms with E-state index >= 15 is 0 Å². The van der Waals surface area contributed by atoms with Crippen molar-refractivity contribution in [1.29, 1.82) is 0 Å². The molecule has 0 bridgehead atoms. The van der Waals surface area contributed by atoms with E-state index in [2.05, 4.69) is 40.8 Å². The molecule has 0 spiro atoms. The molecule has 0 radical (unpaired) electrons. The average Bonchev–Trinajstić information content (AvgIpc) is 3.06. The molecule has 4 aromatic rings. The highest BCUT2D eigenvalue weighted by molar-refractivity contribution is 6.30. The highest BCUT2D eigenvalue weighted by Gasteiger charge is 2.29. The minimum absolute atomic E-state index is 0.105. The van der Waals surface area contributed by atoms with E-state index in [0.29, 0.717) is 18.2 Å². The lowest BCUT2D eigenvalue weighted by atomic mass is 9.72. The molecule has 3 aromatic carbocycles. The summed E-state index contributed by atoms with van der Waals surface area (Å²) in [6.45, 7) is 9.63. The first-order valence-corrected chi connectivity index (χ1v) is 16.2. The van der Waals surface area contributed by atoms with Crippen molar-refractivity contribution < 1.29 is 19.4 Å². The summed E-state index contributed by atoms with van der Waals surface area (Å²) in [6, 6.07) is 26.9. The zero-order chi connectivity index (χ0) is 32.1. The number of allylic oxidation sites excluding steroid dienone is 1. The number of ether oxygens (including phenoxy) is 2. The molecule has 7 nitrogen and oxygen atoms in total. The number of anilines is 1. The van der Waals surface area contributed by atoms with Gasteiger partial charge in [0, 0.05) is 55.6 Å². The van der Waals surface area contributed by atoms with Gasteiger partial charge >= 0.3 is 5.97 Å². The van der Waals surface area contributed by atoms with Crippen LogP contribution in [0.3, 0.4) is 0 Å². The molecule has 2 aliphatic rings. The van der Waals surface area contributed by atoms with Crippen molar-refractivity contribution in [3.63, 3.8) is 0 Å². The van der Waals surface area contributed by atoms with Crippen LogP contribution in [-0.4, -0.2) is 53.7 Å². The number of carbonyl (C=O) groups is 1. The van der Waals surface area contributed by atoms with Crippen molar-refractivity contribution in [2.24, 2.45) is 5.41 Å².